The van der Waals surface area contributed by atoms with Crippen molar-refractivity contribution in [1.29, 1.82) is 0 Å². The molecule has 35 heavy (non-hydrogen) atoms. The number of urea groups is 1. The molecule has 2 heterocycles. The van der Waals surface area contributed by atoms with Gasteiger partial charge in [-0.3, -0.25) is 4.79 Å². The van der Waals surface area contributed by atoms with Crippen LogP contribution in [0.4, 0.5) is 4.79 Å². The minimum Gasteiger partial charge on any atom is -0.493 e. The quantitative estimate of drug-likeness (QED) is 0.299. The van der Waals surface area contributed by atoms with Gasteiger partial charge in [0.05, 0.1) is 32.0 Å². The summed E-state index contributed by atoms with van der Waals surface area (Å²) < 4.78 is 17.9. The lowest BCUT2D eigenvalue weighted by Crippen LogP contribution is -2.45. The average molecular weight is 484 g/mol. The fourth-order valence-electron chi connectivity index (χ4n) is 3.67. The minimum absolute atomic E-state index is 0.268. The number of hydrogen-bond donors (Lipinski definition) is 3. The van der Waals surface area contributed by atoms with E-state index >= 15 is 0 Å². The maximum absolute atomic E-state index is 12.3. The first kappa shape index (κ1) is 25.3. The van der Waals surface area contributed by atoms with Crippen molar-refractivity contribution in [3.05, 3.63) is 58.1 Å². The lowest BCUT2D eigenvalue weighted by Gasteiger charge is -2.28. The van der Waals surface area contributed by atoms with Crippen LogP contribution in [0.5, 0.6) is 11.5 Å². The number of aromatic nitrogens is 1. The summed E-state index contributed by atoms with van der Waals surface area (Å²) in [5.41, 5.74) is 6.70. The van der Waals surface area contributed by atoms with Crippen molar-refractivity contribution < 1.29 is 28.6 Å². The molecule has 1 atom stereocenters. The summed E-state index contributed by atoms with van der Waals surface area (Å²) in [7, 11) is 4.68. The van der Waals surface area contributed by atoms with Crippen LogP contribution >= 0.6 is 0 Å². The molecule has 0 saturated carbocycles. The van der Waals surface area contributed by atoms with Crippen molar-refractivity contribution in [2.24, 2.45) is 12.1 Å². The number of hydrogen-bond acceptors (Lipinski definition) is 7. The highest BCUT2D eigenvalue weighted by molar-refractivity contribution is 5.95. The summed E-state index contributed by atoms with van der Waals surface area (Å²) in [4.78, 5) is 36.5. The van der Waals surface area contributed by atoms with Gasteiger partial charge in [-0.25, -0.2) is 15.0 Å². The van der Waals surface area contributed by atoms with Crippen molar-refractivity contribution in [2.45, 2.75) is 26.8 Å². The van der Waals surface area contributed by atoms with Gasteiger partial charge >= 0.3 is 12.0 Å². The zero-order valence-corrected chi connectivity index (χ0v) is 20.5. The smallest absolute Gasteiger partial charge is 0.337 e. The van der Waals surface area contributed by atoms with E-state index in [0.717, 1.165) is 17.0 Å². The molecule has 0 radical (unpaired) electrons. The highest BCUT2D eigenvalue weighted by Gasteiger charge is 2.32. The van der Waals surface area contributed by atoms with Gasteiger partial charge in [0.25, 0.3) is 5.91 Å². The Hall–Kier alpha value is -4.28. The number of ether oxygens (including phenoxy) is 3. The van der Waals surface area contributed by atoms with Crippen LogP contribution in [0.2, 0.25) is 0 Å². The maximum Gasteiger partial charge on any atom is 0.337 e. The van der Waals surface area contributed by atoms with Crippen LogP contribution < -0.4 is 25.5 Å². The monoisotopic (exact) mass is 483 g/mol. The average Bonchev–Trinajstić information content (AvgIpc) is 3.08. The first-order chi connectivity index (χ1) is 16.7. The Bertz CT molecular complexity index is 1210. The van der Waals surface area contributed by atoms with E-state index in [1.54, 1.807) is 31.3 Å². The fourth-order valence-corrected chi connectivity index (χ4v) is 3.67. The predicted octanol–water partition coefficient (Wildman–Crippen LogP) is 1.98. The third-order valence-corrected chi connectivity index (χ3v) is 5.76. The van der Waals surface area contributed by atoms with Crippen LogP contribution in [0.15, 0.2) is 40.6 Å². The Morgan fingerprint density at radius 3 is 2.54 bits per heavy atom. The zero-order chi connectivity index (χ0) is 25.7. The standard InChI is InChI=1S/C24H29N5O6/c1-13-9-17(15(3)29(13)4)11-25-28-20(30)12-35-18-8-7-16(10-19(18)33-5)22-21(23(31)34-6)14(2)26-24(32)27-22/h7-11,22H,12H2,1-6H3,(H,28,30)(H2,26,27,32)/b25-11-/t22-/m0/s1. The number of methoxy groups -OCH3 is 2. The molecule has 3 rings (SSSR count). The molecular weight excluding hydrogens is 454 g/mol. The van der Waals surface area contributed by atoms with Crippen LogP contribution in [0.3, 0.4) is 0 Å². The molecular formula is C24H29N5O6. The Labute approximate surface area is 203 Å². The summed E-state index contributed by atoms with van der Waals surface area (Å²) in [6.45, 7) is 5.28. The maximum atomic E-state index is 12.3. The third kappa shape index (κ3) is 5.62. The van der Waals surface area contributed by atoms with Gasteiger partial charge in [-0.15, -0.1) is 0 Å². The van der Waals surface area contributed by atoms with E-state index in [1.807, 2.05) is 31.5 Å². The molecule has 1 aromatic heterocycles. The van der Waals surface area contributed by atoms with Crippen molar-refractivity contribution in [3.8, 4) is 11.5 Å². The fraction of sp³-hybridized carbons (Fsp3) is 0.333. The summed E-state index contributed by atoms with van der Waals surface area (Å²) in [6, 6.07) is 5.67. The van der Waals surface area contributed by atoms with Crippen molar-refractivity contribution in [2.75, 3.05) is 20.8 Å². The Kier molecular flexibility index (Phi) is 7.80. The largest absolute Gasteiger partial charge is 0.493 e. The van der Waals surface area contributed by atoms with E-state index in [4.69, 9.17) is 14.2 Å². The second-order valence-electron chi connectivity index (χ2n) is 7.94. The van der Waals surface area contributed by atoms with Gasteiger partial charge in [-0.1, -0.05) is 6.07 Å². The molecule has 0 unspecified atom stereocenters. The number of nitrogens with one attached hydrogen (secondary N) is 3. The molecule has 0 spiro atoms. The molecule has 1 aliphatic heterocycles. The van der Waals surface area contributed by atoms with Crippen LogP contribution in [-0.4, -0.2) is 49.5 Å². The van der Waals surface area contributed by atoms with E-state index in [0.29, 0.717) is 22.8 Å². The van der Waals surface area contributed by atoms with E-state index in [1.165, 1.54) is 14.2 Å². The van der Waals surface area contributed by atoms with E-state index in [2.05, 4.69) is 21.2 Å². The summed E-state index contributed by atoms with van der Waals surface area (Å²) in [6.07, 6.45) is 1.58. The Morgan fingerprint density at radius 2 is 1.91 bits per heavy atom. The van der Waals surface area contributed by atoms with E-state index in [-0.39, 0.29) is 12.2 Å². The topological polar surface area (TPSA) is 132 Å². The molecule has 3 N–H and O–H groups in total. The molecule has 11 heteroatoms. The number of nitrogens with zero attached hydrogens (tertiary/aromatic N) is 2. The number of carbonyl (C=O) groups excluding carboxylic acids is 3. The summed E-state index contributed by atoms with van der Waals surface area (Å²) in [5.74, 6) is -0.387. The van der Waals surface area contributed by atoms with Gasteiger partial charge in [-0.2, -0.15) is 5.10 Å². The van der Waals surface area contributed by atoms with Crippen LogP contribution in [0, 0.1) is 13.8 Å². The molecule has 1 aliphatic rings. The van der Waals surface area contributed by atoms with Crippen LogP contribution in [-0.2, 0) is 21.4 Å². The van der Waals surface area contributed by atoms with E-state index in [9.17, 15) is 14.4 Å². The number of aryl methyl sites for hydroxylation is 1. The molecule has 0 saturated heterocycles. The van der Waals surface area contributed by atoms with Crippen molar-refractivity contribution in [1.82, 2.24) is 20.6 Å². The first-order valence-corrected chi connectivity index (χ1v) is 10.8. The number of carbonyl (C=O) groups is 3. The number of benzene rings is 1. The Balaban J connectivity index is 1.69. The molecule has 11 nitrogen and oxygen atoms in total. The normalized spacial score (nSPS) is 15.5. The molecule has 1 aromatic carbocycles. The predicted molar refractivity (Wildman–Crippen MR) is 128 cm³/mol. The number of esters is 1. The lowest BCUT2D eigenvalue weighted by atomic mass is 9.95. The zero-order valence-electron chi connectivity index (χ0n) is 20.5. The van der Waals surface area contributed by atoms with Gasteiger partial charge in [-0.05, 0) is 44.5 Å². The molecule has 0 fully saturated rings. The van der Waals surface area contributed by atoms with Gasteiger partial charge in [0.2, 0.25) is 0 Å². The molecule has 2 aromatic rings. The second-order valence-corrected chi connectivity index (χ2v) is 7.94. The summed E-state index contributed by atoms with van der Waals surface area (Å²) in [5, 5.41) is 9.27. The number of hydrazone groups is 1. The lowest BCUT2D eigenvalue weighted by molar-refractivity contribution is -0.136. The van der Waals surface area contributed by atoms with Crippen LogP contribution in [0.1, 0.15) is 35.5 Å². The van der Waals surface area contributed by atoms with E-state index < -0.39 is 23.9 Å². The van der Waals surface area contributed by atoms with Crippen LogP contribution in [0.25, 0.3) is 0 Å². The van der Waals surface area contributed by atoms with Gasteiger partial charge in [0, 0.05) is 29.7 Å². The SMILES string of the molecule is COC(=O)C1=C(C)NC(=O)N[C@H]1c1ccc(OCC(=O)N/N=C\c2cc(C)n(C)c2C)c(OC)c1. The van der Waals surface area contributed by atoms with Gasteiger partial charge in [0.15, 0.2) is 18.1 Å². The summed E-state index contributed by atoms with van der Waals surface area (Å²) >= 11 is 0. The van der Waals surface area contributed by atoms with Crippen molar-refractivity contribution in [3.63, 3.8) is 0 Å². The molecule has 186 valence electrons. The minimum atomic E-state index is -0.748. The molecule has 3 amide bonds. The number of allylic oxidation sites excluding steroid dienone is 1. The van der Waals surface area contributed by atoms with Gasteiger partial charge in [0.1, 0.15) is 0 Å². The number of rotatable bonds is 8. The Morgan fingerprint density at radius 1 is 1.17 bits per heavy atom. The highest BCUT2D eigenvalue weighted by Crippen LogP contribution is 2.34. The first-order valence-electron chi connectivity index (χ1n) is 10.8. The highest BCUT2D eigenvalue weighted by atomic mass is 16.5. The third-order valence-electron chi connectivity index (χ3n) is 5.76. The van der Waals surface area contributed by atoms with Gasteiger partial charge < -0.3 is 29.4 Å². The second kappa shape index (κ2) is 10.8. The van der Waals surface area contributed by atoms with Crippen molar-refractivity contribution >= 4 is 24.1 Å². The molecule has 0 bridgehead atoms. The number of amides is 3. The molecule has 0 aliphatic carbocycles.